The molecule has 90 valence electrons. The van der Waals surface area contributed by atoms with E-state index in [0.29, 0.717) is 12.6 Å². The van der Waals surface area contributed by atoms with Crippen molar-refractivity contribution in [3.8, 4) is 0 Å². The van der Waals surface area contributed by atoms with Crippen LogP contribution in [0.2, 0.25) is 0 Å². The lowest BCUT2D eigenvalue weighted by atomic mass is 9.92. The molecule has 1 aliphatic heterocycles. The van der Waals surface area contributed by atoms with E-state index in [0.717, 1.165) is 0 Å². The largest absolute Gasteiger partial charge is 0.380 e. The fourth-order valence-electron chi connectivity index (χ4n) is 2.70. The molecule has 0 aromatic rings. The van der Waals surface area contributed by atoms with E-state index in [1.54, 1.807) is 7.11 Å². The van der Waals surface area contributed by atoms with Gasteiger partial charge in [0.1, 0.15) is 0 Å². The van der Waals surface area contributed by atoms with Crippen LogP contribution in [0, 0.1) is 0 Å². The summed E-state index contributed by atoms with van der Waals surface area (Å²) in [6.45, 7) is 8.45. The van der Waals surface area contributed by atoms with Crippen molar-refractivity contribution in [3.63, 3.8) is 0 Å². The third kappa shape index (κ3) is 2.35. The standard InChI is InChI=1S/C12H26N2O/c1-5-11-7-6-8-14(11)12(3,9-13)10(2)15-4/h10-11H,5-9,13H2,1-4H3. The van der Waals surface area contributed by atoms with Gasteiger partial charge in [-0.15, -0.1) is 0 Å². The number of nitrogens with zero attached hydrogens (tertiary/aromatic N) is 1. The Balaban J connectivity index is 2.80. The van der Waals surface area contributed by atoms with E-state index < -0.39 is 0 Å². The molecule has 3 unspecified atom stereocenters. The molecule has 1 fully saturated rings. The molecule has 0 amide bonds. The molecule has 0 aromatic carbocycles. The lowest BCUT2D eigenvalue weighted by molar-refractivity contribution is -0.0376. The van der Waals surface area contributed by atoms with Crippen molar-refractivity contribution >= 4 is 0 Å². The third-order valence-electron chi connectivity index (χ3n) is 4.15. The van der Waals surface area contributed by atoms with Crippen molar-refractivity contribution in [2.75, 3.05) is 20.2 Å². The predicted octanol–water partition coefficient (Wildman–Crippen LogP) is 1.61. The maximum absolute atomic E-state index is 5.96. The van der Waals surface area contributed by atoms with Crippen molar-refractivity contribution in [1.82, 2.24) is 4.90 Å². The van der Waals surface area contributed by atoms with Gasteiger partial charge in [0.05, 0.1) is 11.6 Å². The maximum atomic E-state index is 5.96. The minimum Gasteiger partial charge on any atom is -0.380 e. The smallest absolute Gasteiger partial charge is 0.0736 e. The Kier molecular flexibility index (Phi) is 4.56. The first kappa shape index (κ1) is 12.9. The summed E-state index contributed by atoms with van der Waals surface area (Å²) >= 11 is 0. The van der Waals surface area contributed by atoms with Crippen LogP contribution in [-0.4, -0.2) is 42.8 Å². The van der Waals surface area contributed by atoms with E-state index in [9.17, 15) is 0 Å². The average molecular weight is 214 g/mol. The Morgan fingerprint density at radius 3 is 2.73 bits per heavy atom. The second-order valence-corrected chi connectivity index (χ2v) is 4.84. The van der Waals surface area contributed by atoms with Crippen LogP contribution in [0.3, 0.4) is 0 Å². The summed E-state index contributed by atoms with van der Waals surface area (Å²) in [5.41, 5.74) is 5.95. The van der Waals surface area contributed by atoms with Gasteiger partial charge in [-0.05, 0) is 39.7 Å². The SMILES string of the molecule is CCC1CCCN1C(C)(CN)C(C)OC. The van der Waals surface area contributed by atoms with E-state index in [2.05, 4.69) is 25.7 Å². The quantitative estimate of drug-likeness (QED) is 0.755. The fourth-order valence-corrected chi connectivity index (χ4v) is 2.70. The summed E-state index contributed by atoms with van der Waals surface area (Å²) in [5, 5.41) is 0. The summed E-state index contributed by atoms with van der Waals surface area (Å²) in [6, 6.07) is 0.691. The van der Waals surface area contributed by atoms with Crippen molar-refractivity contribution < 1.29 is 4.74 Å². The van der Waals surface area contributed by atoms with Crippen LogP contribution in [0.4, 0.5) is 0 Å². The molecule has 1 rings (SSSR count). The van der Waals surface area contributed by atoms with Crippen LogP contribution in [0.25, 0.3) is 0 Å². The number of rotatable bonds is 5. The summed E-state index contributed by atoms with van der Waals surface area (Å²) < 4.78 is 5.49. The van der Waals surface area contributed by atoms with Gasteiger partial charge < -0.3 is 10.5 Å². The van der Waals surface area contributed by atoms with E-state index in [-0.39, 0.29) is 11.6 Å². The number of methoxy groups -OCH3 is 1. The van der Waals surface area contributed by atoms with E-state index >= 15 is 0 Å². The van der Waals surface area contributed by atoms with Gasteiger partial charge in [0, 0.05) is 19.7 Å². The third-order valence-corrected chi connectivity index (χ3v) is 4.15. The number of ether oxygens (including phenoxy) is 1. The van der Waals surface area contributed by atoms with Gasteiger partial charge in [-0.1, -0.05) is 6.92 Å². The van der Waals surface area contributed by atoms with Crippen molar-refractivity contribution in [3.05, 3.63) is 0 Å². The van der Waals surface area contributed by atoms with Crippen LogP contribution in [0.15, 0.2) is 0 Å². The lowest BCUT2D eigenvalue weighted by Gasteiger charge is -2.45. The highest BCUT2D eigenvalue weighted by Gasteiger charge is 2.41. The van der Waals surface area contributed by atoms with Gasteiger partial charge in [-0.25, -0.2) is 0 Å². The number of likely N-dealkylation sites (tertiary alicyclic amines) is 1. The Morgan fingerprint density at radius 1 is 1.60 bits per heavy atom. The van der Waals surface area contributed by atoms with E-state index in [1.807, 2.05) is 0 Å². The molecule has 15 heavy (non-hydrogen) atoms. The van der Waals surface area contributed by atoms with Crippen molar-refractivity contribution in [2.24, 2.45) is 5.73 Å². The zero-order valence-electron chi connectivity index (χ0n) is 10.6. The number of nitrogens with two attached hydrogens (primary N) is 1. The van der Waals surface area contributed by atoms with Crippen molar-refractivity contribution in [2.45, 2.75) is 57.7 Å². The van der Waals surface area contributed by atoms with Gasteiger partial charge in [0.2, 0.25) is 0 Å². The van der Waals surface area contributed by atoms with Crippen LogP contribution in [0.1, 0.15) is 40.0 Å². The van der Waals surface area contributed by atoms with E-state index in [1.165, 1.54) is 25.8 Å². The average Bonchev–Trinajstić information content (AvgIpc) is 2.75. The molecule has 0 aliphatic carbocycles. The molecule has 0 aromatic heterocycles. The highest BCUT2D eigenvalue weighted by atomic mass is 16.5. The van der Waals surface area contributed by atoms with Crippen LogP contribution >= 0.6 is 0 Å². The van der Waals surface area contributed by atoms with Gasteiger partial charge in [-0.2, -0.15) is 0 Å². The van der Waals surface area contributed by atoms with Crippen LogP contribution in [0.5, 0.6) is 0 Å². The summed E-state index contributed by atoms with van der Waals surface area (Å²) in [6.07, 6.45) is 4.01. The molecule has 3 atom stereocenters. The second kappa shape index (κ2) is 5.28. The summed E-state index contributed by atoms with van der Waals surface area (Å²) in [4.78, 5) is 2.56. The first-order valence-electron chi connectivity index (χ1n) is 6.09. The Hall–Kier alpha value is -0.120. The van der Waals surface area contributed by atoms with Gasteiger partial charge in [0.15, 0.2) is 0 Å². The first-order valence-corrected chi connectivity index (χ1v) is 6.09. The summed E-state index contributed by atoms with van der Waals surface area (Å²) in [7, 11) is 1.77. The zero-order valence-corrected chi connectivity index (χ0v) is 10.6. The molecule has 1 heterocycles. The molecule has 1 aliphatic rings. The molecule has 0 radical (unpaired) electrons. The van der Waals surface area contributed by atoms with Gasteiger partial charge >= 0.3 is 0 Å². The lowest BCUT2D eigenvalue weighted by Crippen LogP contribution is -2.60. The fraction of sp³-hybridized carbons (Fsp3) is 1.00. The van der Waals surface area contributed by atoms with Gasteiger partial charge in [0.25, 0.3) is 0 Å². The Labute approximate surface area is 94.0 Å². The van der Waals surface area contributed by atoms with Crippen LogP contribution in [-0.2, 0) is 4.74 Å². The van der Waals surface area contributed by atoms with Gasteiger partial charge in [-0.3, -0.25) is 4.90 Å². The Morgan fingerprint density at radius 2 is 2.27 bits per heavy atom. The van der Waals surface area contributed by atoms with Crippen molar-refractivity contribution in [1.29, 1.82) is 0 Å². The Bertz CT molecular complexity index is 196. The molecule has 2 N–H and O–H groups in total. The normalized spacial score (nSPS) is 29.0. The molecule has 1 saturated heterocycles. The topological polar surface area (TPSA) is 38.5 Å². The maximum Gasteiger partial charge on any atom is 0.0736 e. The predicted molar refractivity (Wildman–Crippen MR) is 63.9 cm³/mol. The monoisotopic (exact) mass is 214 g/mol. The molecule has 0 bridgehead atoms. The minimum absolute atomic E-state index is 0.00801. The van der Waals surface area contributed by atoms with E-state index in [4.69, 9.17) is 10.5 Å². The molecule has 3 nitrogen and oxygen atoms in total. The summed E-state index contributed by atoms with van der Waals surface area (Å²) in [5.74, 6) is 0. The minimum atomic E-state index is -0.00801. The second-order valence-electron chi connectivity index (χ2n) is 4.84. The number of hydrogen-bond acceptors (Lipinski definition) is 3. The number of hydrogen-bond donors (Lipinski definition) is 1. The molecule has 3 heteroatoms. The zero-order chi connectivity index (χ0) is 11.5. The molecule has 0 spiro atoms. The highest BCUT2D eigenvalue weighted by molar-refractivity contribution is 4.98. The molecule has 0 saturated carbocycles. The molecular weight excluding hydrogens is 188 g/mol. The first-order chi connectivity index (χ1) is 7.10. The van der Waals surface area contributed by atoms with Crippen LogP contribution < -0.4 is 5.73 Å². The molecular formula is C12H26N2O. The highest BCUT2D eigenvalue weighted by Crippen LogP contribution is 2.31.